The Bertz CT molecular complexity index is 686. The molecule has 0 bridgehead atoms. The number of hydrogen-bond acceptors (Lipinski definition) is 0. The van der Waals surface area contributed by atoms with E-state index in [1.807, 2.05) is 0 Å². The van der Waals surface area contributed by atoms with Crippen molar-refractivity contribution in [3.8, 4) is 11.1 Å². The Morgan fingerprint density at radius 3 is 1.45 bits per heavy atom. The largest absolute Gasteiger partial charge is 0.0836 e. The van der Waals surface area contributed by atoms with Crippen molar-refractivity contribution in [3.63, 3.8) is 0 Å². The van der Waals surface area contributed by atoms with Crippen LogP contribution in [0.15, 0.2) is 34.5 Å². The van der Waals surface area contributed by atoms with E-state index in [0.29, 0.717) is 15.1 Å². The van der Waals surface area contributed by atoms with Crippen molar-refractivity contribution >= 4 is 114 Å². The molecule has 0 unspecified atom stereocenters. The van der Waals surface area contributed by atoms with E-state index < -0.39 is 0 Å². The summed E-state index contributed by atoms with van der Waals surface area (Å²) < 4.78 is 4.31. The number of rotatable bonds is 1. The lowest BCUT2D eigenvalue weighted by Crippen LogP contribution is -1.89. The van der Waals surface area contributed by atoms with Gasteiger partial charge in [-0.25, -0.2) is 0 Å². The van der Waals surface area contributed by atoms with Crippen molar-refractivity contribution in [1.29, 1.82) is 0 Å². The Morgan fingerprint density at radius 2 is 0.950 bits per heavy atom. The van der Waals surface area contributed by atoms with E-state index >= 15 is 0 Å². The second kappa shape index (κ2) is 7.08. The van der Waals surface area contributed by atoms with Crippen LogP contribution in [0.1, 0.15) is 0 Å². The predicted molar refractivity (Wildman–Crippen MR) is 105 cm³/mol. The molecule has 0 radical (unpaired) electrons. The van der Waals surface area contributed by atoms with E-state index in [-0.39, 0.29) is 0 Å². The van der Waals surface area contributed by atoms with E-state index in [0.717, 1.165) is 33.5 Å². The van der Waals surface area contributed by atoms with Crippen LogP contribution in [-0.2, 0) is 0 Å². The molecule has 0 saturated carbocycles. The van der Waals surface area contributed by atoms with Crippen LogP contribution in [0.2, 0.25) is 15.1 Å². The van der Waals surface area contributed by atoms with Crippen LogP contribution in [-0.4, -0.2) is 0 Å². The average Bonchev–Trinajstić information content (AvgIpc) is 2.40. The molecular weight excluding hydrogens is 650 g/mol. The molecule has 2 aromatic carbocycles. The summed E-state index contributed by atoms with van der Waals surface area (Å²) >= 11 is 36.0. The summed E-state index contributed by atoms with van der Waals surface area (Å²) in [4.78, 5) is 0. The zero-order valence-electron chi connectivity index (χ0n) is 9.18. The van der Waals surface area contributed by atoms with Gasteiger partial charge in [0.2, 0.25) is 0 Å². The quantitative estimate of drug-likeness (QED) is 0.213. The molecule has 0 nitrogen and oxygen atoms in total. The van der Waals surface area contributed by atoms with Crippen molar-refractivity contribution in [2.45, 2.75) is 0 Å². The molecule has 0 N–H and O–H groups in total. The smallest absolute Gasteiger partial charge is 0.0607 e. The van der Waals surface area contributed by atoms with Crippen LogP contribution in [0.4, 0.5) is 0 Å². The summed E-state index contributed by atoms with van der Waals surface area (Å²) in [5.41, 5.74) is 1.64. The van der Waals surface area contributed by atoms with Gasteiger partial charge in [-0.3, -0.25) is 0 Å². The van der Waals surface area contributed by atoms with Crippen LogP contribution in [0.25, 0.3) is 11.1 Å². The van der Waals surface area contributed by atoms with Crippen LogP contribution in [0.3, 0.4) is 0 Å². The maximum Gasteiger partial charge on any atom is 0.0607 e. The number of hydrogen-bond donors (Lipinski definition) is 0. The molecule has 0 aliphatic rings. The first-order chi connectivity index (χ1) is 9.25. The van der Waals surface area contributed by atoms with Crippen molar-refractivity contribution in [3.05, 3.63) is 49.6 Å². The van der Waals surface area contributed by atoms with E-state index in [4.69, 9.17) is 34.8 Å². The summed E-state index contributed by atoms with van der Waals surface area (Å²) in [6, 6.07) is 3.37. The molecule has 0 atom stereocenters. The lowest BCUT2D eigenvalue weighted by Gasteiger charge is -2.15. The minimum atomic E-state index is 0.419. The summed E-state index contributed by atoms with van der Waals surface area (Å²) in [5.74, 6) is 0. The molecule has 0 fully saturated rings. The fourth-order valence-corrected chi connectivity index (χ4v) is 5.67. The van der Waals surface area contributed by atoms with Gasteiger partial charge in [-0.1, -0.05) is 34.8 Å². The van der Waals surface area contributed by atoms with Crippen molar-refractivity contribution < 1.29 is 0 Å². The molecule has 2 rings (SSSR count). The minimum Gasteiger partial charge on any atom is -0.0836 e. The van der Waals surface area contributed by atoms with Gasteiger partial charge in [0.15, 0.2) is 0 Å². The Balaban J connectivity index is 2.87. The van der Waals surface area contributed by atoms with Gasteiger partial charge in [0, 0.05) is 33.5 Å². The average molecular weight is 652 g/mol. The van der Waals surface area contributed by atoms with Crippen molar-refractivity contribution in [2.24, 2.45) is 0 Å². The van der Waals surface area contributed by atoms with Gasteiger partial charge >= 0.3 is 0 Å². The van der Waals surface area contributed by atoms with Gasteiger partial charge < -0.3 is 0 Å². The monoisotopic (exact) mass is 646 g/mol. The first kappa shape index (κ1) is 18.1. The van der Waals surface area contributed by atoms with Gasteiger partial charge in [0.1, 0.15) is 0 Å². The first-order valence-corrected chi connectivity index (χ1v) is 10.0. The van der Waals surface area contributed by atoms with E-state index in [9.17, 15) is 0 Å². The fourth-order valence-electron chi connectivity index (χ4n) is 1.56. The molecule has 0 aliphatic carbocycles. The molecule has 0 aliphatic heterocycles. The van der Waals surface area contributed by atoms with Crippen LogP contribution >= 0.6 is 114 Å². The molecular formula is C12H2Br5Cl3. The highest BCUT2D eigenvalue weighted by Gasteiger charge is 2.21. The van der Waals surface area contributed by atoms with Crippen molar-refractivity contribution in [1.82, 2.24) is 0 Å². The predicted octanol–water partition coefficient (Wildman–Crippen LogP) is 9.13. The Hall–Kier alpha value is 1.71. The molecule has 0 amide bonds. The molecule has 106 valence electrons. The SMILES string of the molecule is Clc1cc(Cl)c(-c2c(Br)c(Br)c(Br)c(Br)c2Br)cc1Cl. The fraction of sp³-hybridized carbons (Fsp3) is 0. The summed E-state index contributed by atoms with van der Waals surface area (Å²) in [6.45, 7) is 0. The summed E-state index contributed by atoms with van der Waals surface area (Å²) in [5, 5.41) is 1.38. The highest BCUT2D eigenvalue weighted by atomic mass is 79.9. The van der Waals surface area contributed by atoms with Gasteiger partial charge in [0.25, 0.3) is 0 Å². The third-order valence-electron chi connectivity index (χ3n) is 2.49. The highest BCUT2D eigenvalue weighted by Crippen LogP contribution is 2.50. The molecule has 0 spiro atoms. The number of benzene rings is 2. The third kappa shape index (κ3) is 3.30. The van der Waals surface area contributed by atoms with E-state index in [1.165, 1.54) is 0 Å². The molecule has 0 heterocycles. The Labute approximate surface area is 173 Å². The zero-order valence-corrected chi connectivity index (χ0v) is 19.4. The maximum atomic E-state index is 6.30. The van der Waals surface area contributed by atoms with Gasteiger partial charge in [-0.15, -0.1) is 0 Å². The standard InChI is InChI=1S/C12H2Br5Cl3/c13-8-7(9(14)11(16)12(17)10(8)15)3-1-5(19)6(20)2-4(3)18/h1-2H. The van der Waals surface area contributed by atoms with E-state index in [2.05, 4.69) is 79.6 Å². The molecule has 8 heteroatoms. The van der Waals surface area contributed by atoms with Crippen LogP contribution in [0, 0.1) is 0 Å². The summed E-state index contributed by atoms with van der Waals surface area (Å²) in [7, 11) is 0. The lowest BCUT2D eigenvalue weighted by molar-refractivity contribution is 1.44. The summed E-state index contributed by atoms with van der Waals surface area (Å²) in [6.07, 6.45) is 0. The van der Waals surface area contributed by atoms with Gasteiger partial charge in [-0.2, -0.15) is 0 Å². The van der Waals surface area contributed by atoms with Gasteiger partial charge in [-0.05, 0) is 91.8 Å². The first-order valence-electron chi connectivity index (χ1n) is 4.92. The Kier molecular flexibility index (Phi) is 6.39. The lowest BCUT2D eigenvalue weighted by atomic mass is 10.1. The topological polar surface area (TPSA) is 0 Å². The number of halogens is 8. The maximum absolute atomic E-state index is 6.30. The van der Waals surface area contributed by atoms with Crippen LogP contribution in [0.5, 0.6) is 0 Å². The second-order valence-electron chi connectivity index (χ2n) is 3.69. The molecule has 2 aromatic rings. The second-order valence-corrected chi connectivity index (χ2v) is 8.88. The zero-order chi connectivity index (χ0) is 15.2. The van der Waals surface area contributed by atoms with E-state index in [1.54, 1.807) is 12.1 Å². The molecule has 20 heavy (non-hydrogen) atoms. The van der Waals surface area contributed by atoms with Crippen LogP contribution < -0.4 is 0 Å². The highest BCUT2D eigenvalue weighted by molar-refractivity contribution is 9.15. The third-order valence-corrected chi connectivity index (χ3v) is 9.62. The van der Waals surface area contributed by atoms with Crippen molar-refractivity contribution in [2.75, 3.05) is 0 Å². The normalized spacial score (nSPS) is 11.0. The molecule has 0 aromatic heterocycles. The molecule has 0 saturated heterocycles. The Morgan fingerprint density at radius 1 is 0.550 bits per heavy atom. The van der Waals surface area contributed by atoms with Gasteiger partial charge in [0.05, 0.1) is 15.1 Å². The minimum absolute atomic E-state index is 0.419.